The summed E-state index contributed by atoms with van der Waals surface area (Å²) < 4.78 is 1.92. The van der Waals surface area contributed by atoms with Crippen molar-refractivity contribution in [1.29, 1.82) is 0 Å². The molecular formula is C20H21N3. The van der Waals surface area contributed by atoms with Crippen LogP contribution in [0.5, 0.6) is 0 Å². The van der Waals surface area contributed by atoms with Gasteiger partial charge in [-0.3, -0.25) is 0 Å². The van der Waals surface area contributed by atoms with Crippen LogP contribution in [0.3, 0.4) is 0 Å². The molecule has 23 heavy (non-hydrogen) atoms. The average Bonchev–Trinajstić information content (AvgIpc) is 3.08. The van der Waals surface area contributed by atoms with Gasteiger partial charge < -0.3 is 0 Å². The number of para-hydroxylation sites is 1. The summed E-state index contributed by atoms with van der Waals surface area (Å²) in [4.78, 5) is 4.74. The van der Waals surface area contributed by atoms with E-state index in [1.54, 1.807) is 0 Å². The second-order valence-electron chi connectivity index (χ2n) is 5.41. The van der Waals surface area contributed by atoms with Crippen molar-refractivity contribution < 1.29 is 0 Å². The normalized spacial score (nSPS) is 12.3. The van der Waals surface area contributed by atoms with Gasteiger partial charge in [0.25, 0.3) is 0 Å². The molecule has 3 aromatic rings. The van der Waals surface area contributed by atoms with Gasteiger partial charge in [0.15, 0.2) is 0 Å². The molecule has 0 aliphatic carbocycles. The molecule has 0 saturated heterocycles. The summed E-state index contributed by atoms with van der Waals surface area (Å²) in [7, 11) is 0. The lowest BCUT2D eigenvalue weighted by Gasteiger charge is -2.02. The Morgan fingerprint density at radius 1 is 1.09 bits per heavy atom. The predicted molar refractivity (Wildman–Crippen MR) is 97.0 cm³/mol. The third-order valence-electron chi connectivity index (χ3n) is 3.68. The number of allylic oxidation sites excluding steroid dienone is 4. The van der Waals surface area contributed by atoms with Crippen LogP contribution in [0.4, 0.5) is 0 Å². The van der Waals surface area contributed by atoms with Crippen LogP contribution >= 0.6 is 0 Å². The number of pyridine rings is 1. The second-order valence-corrected chi connectivity index (χ2v) is 5.41. The van der Waals surface area contributed by atoms with Crippen LogP contribution in [0.25, 0.3) is 27.9 Å². The van der Waals surface area contributed by atoms with Gasteiger partial charge in [0, 0.05) is 17.1 Å². The first-order chi connectivity index (χ1) is 11.3. The van der Waals surface area contributed by atoms with Gasteiger partial charge in [0.1, 0.15) is 0 Å². The second kappa shape index (κ2) is 7.05. The summed E-state index contributed by atoms with van der Waals surface area (Å²) in [5.74, 6) is 0. The van der Waals surface area contributed by atoms with Crippen LogP contribution in [-0.2, 0) is 0 Å². The summed E-state index contributed by atoms with van der Waals surface area (Å²) in [5, 5.41) is 5.66. The van der Waals surface area contributed by atoms with E-state index in [1.807, 2.05) is 35.3 Å². The Morgan fingerprint density at radius 3 is 2.78 bits per heavy atom. The number of fused-ring (bicyclic) bond motifs is 1. The fraction of sp³-hybridized carbons (Fsp3) is 0.200. The molecule has 0 bridgehead atoms. The Kier molecular flexibility index (Phi) is 4.67. The smallest absolute Gasteiger partial charge is 0.0741 e. The fourth-order valence-electron chi connectivity index (χ4n) is 2.51. The molecular weight excluding hydrogens is 282 g/mol. The molecule has 0 atom stereocenters. The maximum atomic E-state index is 4.74. The van der Waals surface area contributed by atoms with E-state index < -0.39 is 0 Å². The van der Waals surface area contributed by atoms with Gasteiger partial charge in [-0.2, -0.15) is 5.10 Å². The molecule has 0 unspecified atom stereocenters. The van der Waals surface area contributed by atoms with Gasteiger partial charge >= 0.3 is 0 Å². The highest BCUT2D eigenvalue weighted by molar-refractivity contribution is 5.81. The van der Waals surface area contributed by atoms with Gasteiger partial charge in [-0.05, 0) is 31.1 Å². The minimum Gasteiger partial charge on any atom is -0.248 e. The summed E-state index contributed by atoms with van der Waals surface area (Å²) in [6, 6.07) is 12.3. The molecule has 0 saturated carbocycles. The van der Waals surface area contributed by atoms with Crippen LogP contribution in [0.2, 0.25) is 0 Å². The van der Waals surface area contributed by atoms with Crippen molar-refractivity contribution in [2.75, 3.05) is 0 Å². The first-order valence-electron chi connectivity index (χ1n) is 8.09. The molecule has 0 radical (unpaired) electrons. The molecule has 0 aliphatic rings. The molecule has 2 aromatic heterocycles. The highest BCUT2D eigenvalue weighted by Crippen LogP contribution is 2.21. The number of hydrogen-bond donors (Lipinski definition) is 0. The van der Waals surface area contributed by atoms with E-state index in [1.165, 1.54) is 0 Å². The number of aromatic nitrogens is 3. The molecule has 1 aromatic carbocycles. The minimum absolute atomic E-state index is 0.949. The number of hydrogen-bond acceptors (Lipinski definition) is 2. The van der Waals surface area contributed by atoms with Gasteiger partial charge in [-0.15, -0.1) is 0 Å². The van der Waals surface area contributed by atoms with Gasteiger partial charge in [-0.1, -0.05) is 50.3 Å². The van der Waals surface area contributed by atoms with Crippen molar-refractivity contribution in [3.63, 3.8) is 0 Å². The lowest BCUT2D eigenvalue weighted by molar-refractivity contribution is 0.903. The molecule has 3 rings (SSSR count). The van der Waals surface area contributed by atoms with Crippen molar-refractivity contribution in [2.45, 2.75) is 26.7 Å². The van der Waals surface area contributed by atoms with Crippen LogP contribution in [0, 0.1) is 0 Å². The highest BCUT2D eigenvalue weighted by atomic mass is 15.3. The Hall–Kier alpha value is -2.68. The Bertz CT molecular complexity index is 856. The summed E-state index contributed by atoms with van der Waals surface area (Å²) in [6.45, 7) is 4.27. The molecule has 0 N–H and O–H groups in total. The van der Waals surface area contributed by atoms with E-state index >= 15 is 0 Å². The van der Waals surface area contributed by atoms with Crippen LogP contribution in [-0.4, -0.2) is 14.8 Å². The predicted octanol–water partition coefficient (Wildman–Crippen LogP) is 5.32. The van der Waals surface area contributed by atoms with Gasteiger partial charge in [-0.25, -0.2) is 9.67 Å². The number of rotatable bonds is 5. The SMILES string of the molecule is CC/C=C\C(=C/CC)n1cc(-c2ccc3ccccc3n2)cn1. The summed E-state index contributed by atoms with van der Waals surface area (Å²) in [5.41, 5.74) is 4.09. The Balaban J connectivity index is 1.96. The van der Waals surface area contributed by atoms with E-state index in [0.717, 1.165) is 40.7 Å². The Labute approximate surface area is 137 Å². The monoisotopic (exact) mass is 303 g/mol. The highest BCUT2D eigenvalue weighted by Gasteiger charge is 2.06. The van der Waals surface area contributed by atoms with Crippen molar-refractivity contribution in [3.8, 4) is 11.3 Å². The lowest BCUT2D eigenvalue weighted by Crippen LogP contribution is -1.94. The van der Waals surface area contributed by atoms with Crippen LogP contribution < -0.4 is 0 Å². The van der Waals surface area contributed by atoms with E-state index in [9.17, 15) is 0 Å². The van der Waals surface area contributed by atoms with E-state index in [-0.39, 0.29) is 0 Å². The molecule has 0 amide bonds. The maximum Gasteiger partial charge on any atom is 0.0741 e. The van der Waals surface area contributed by atoms with Crippen LogP contribution in [0.15, 0.2) is 67.0 Å². The van der Waals surface area contributed by atoms with Gasteiger partial charge in [0.2, 0.25) is 0 Å². The van der Waals surface area contributed by atoms with E-state index in [0.29, 0.717) is 0 Å². The van der Waals surface area contributed by atoms with E-state index in [2.05, 4.69) is 55.4 Å². The number of nitrogens with zero attached hydrogens (tertiary/aromatic N) is 3. The molecule has 0 spiro atoms. The summed E-state index contributed by atoms with van der Waals surface area (Å²) in [6.07, 6.45) is 12.4. The zero-order chi connectivity index (χ0) is 16.1. The topological polar surface area (TPSA) is 30.7 Å². The molecule has 2 heterocycles. The Morgan fingerprint density at radius 2 is 1.96 bits per heavy atom. The molecule has 0 fully saturated rings. The quantitative estimate of drug-likeness (QED) is 0.598. The van der Waals surface area contributed by atoms with Crippen molar-refractivity contribution in [3.05, 3.63) is 67.0 Å². The number of benzene rings is 1. The van der Waals surface area contributed by atoms with E-state index in [4.69, 9.17) is 4.98 Å². The molecule has 116 valence electrons. The zero-order valence-electron chi connectivity index (χ0n) is 13.6. The molecule has 3 nitrogen and oxygen atoms in total. The first kappa shape index (κ1) is 15.2. The van der Waals surface area contributed by atoms with Crippen molar-refractivity contribution in [2.24, 2.45) is 0 Å². The fourth-order valence-corrected chi connectivity index (χ4v) is 2.51. The minimum atomic E-state index is 0.949. The van der Waals surface area contributed by atoms with Crippen LogP contribution in [0.1, 0.15) is 26.7 Å². The van der Waals surface area contributed by atoms with Crippen molar-refractivity contribution >= 4 is 16.6 Å². The lowest BCUT2D eigenvalue weighted by atomic mass is 10.1. The van der Waals surface area contributed by atoms with Crippen molar-refractivity contribution in [1.82, 2.24) is 14.8 Å². The first-order valence-corrected chi connectivity index (χ1v) is 8.09. The zero-order valence-corrected chi connectivity index (χ0v) is 13.6. The molecule has 0 aliphatic heterocycles. The third kappa shape index (κ3) is 3.39. The molecule has 3 heteroatoms. The maximum absolute atomic E-state index is 4.74. The van der Waals surface area contributed by atoms with Gasteiger partial charge in [0.05, 0.1) is 23.1 Å². The average molecular weight is 303 g/mol. The largest absolute Gasteiger partial charge is 0.248 e. The third-order valence-corrected chi connectivity index (χ3v) is 3.68. The standard InChI is InChI=1S/C20H21N3/c1-3-5-10-18(8-4-2)23-15-17(14-21-23)20-13-12-16-9-6-7-11-19(16)22-20/h5-15H,3-4H2,1-2H3/b10-5-,18-8+. The summed E-state index contributed by atoms with van der Waals surface area (Å²) >= 11 is 0.